The zero-order valence-electron chi connectivity index (χ0n) is 13.9. The Labute approximate surface area is 148 Å². The number of benzene rings is 1. The van der Waals surface area contributed by atoms with Crippen molar-refractivity contribution in [3.63, 3.8) is 0 Å². The SMILES string of the molecule is COc1cc(CCNC(=O)CSc2nccn2C)ccc1OC(F)F. The number of alkyl halides is 2. The minimum absolute atomic E-state index is 0.0169. The molecule has 0 saturated heterocycles. The van der Waals surface area contributed by atoms with Gasteiger partial charge in [-0.25, -0.2) is 4.98 Å². The fraction of sp³-hybridized carbons (Fsp3) is 0.375. The maximum atomic E-state index is 12.3. The molecule has 25 heavy (non-hydrogen) atoms. The Morgan fingerprint density at radius 2 is 2.20 bits per heavy atom. The molecule has 136 valence electrons. The highest BCUT2D eigenvalue weighted by Crippen LogP contribution is 2.29. The number of halogens is 2. The molecule has 0 spiro atoms. The van der Waals surface area contributed by atoms with Gasteiger partial charge in [-0.05, 0) is 24.1 Å². The van der Waals surface area contributed by atoms with Crippen LogP contribution in [0.2, 0.25) is 0 Å². The van der Waals surface area contributed by atoms with Crippen LogP contribution in [0.5, 0.6) is 11.5 Å². The van der Waals surface area contributed by atoms with Crippen LogP contribution in [0.4, 0.5) is 8.78 Å². The minimum atomic E-state index is -2.91. The van der Waals surface area contributed by atoms with Crippen LogP contribution in [0.3, 0.4) is 0 Å². The van der Waals surface area contributed by atoms with E-state index in [2.05, 4.69) is 15.0 Å². The maximum Gasteiger partial charge on any atom is 0.387 e. The van der Waals surface area contributed by atoms with Crippen molar-refractivity contribution in [2.24, 2.45) is 7.05 Å². The average Bonchev–Trinajstić information content (AvgIpc) is 2.98. The Morgan fingerprint density at radius 3 is 2.84 bits per heavy atom. The van der Waals surface area contributed by atoms with Crippen LogP contribution in [0.1, 0.15) is 5.56 Å². The van der Waals surface area contributed by atoms with E-state index >= 15 is 0 Å². The molecule has 1 aromatic heterocycles. The van der Waals surface area contributed by atoms with Crippen LogP contribution in [0, 0.1) is 0 Å². The van der Waals surface area contributed by atoms with E-state index in [-0.39, 0.29) is 23.2 Å². The third-order valence-corrected chi connectivity index (χ3v) is 4.35. The van der Waals surface area contributed by atoms with Crippen molar-refractivity contribution in [3.05, 3.63) is 36.2 Å². The second-order valence-corrected chi connectivity index (χ2v) is 6.02. The molecule has 0 aliphatic heterocycles. The van der Waals surface area contributed by atoms with Crippen molar-refractivity contribution in [2.45, 2.75) is 18.2 Å². The minimum Gasteiger partial charge on any atom is -0.493 e. The first-order valence-corrected chi connectivity index (χ1v) is 8.46. The summed E-state index contributed by atoms with van der Waals surface area (Å²) in [6.07, 6.45) is 4.04. The Balaban J connectivity index is 1.79. The zero-order chi connectivity index (χ0) is 18.2. The predicted molar refractivity (Wildman–Crippen MR) is 90.3 cm³/mol. The van der Waals surface area contributed by atoms with E-state index in [4.69, 9.17) is 4.74 Å². The molecule has 6 nitrogen and oxygen atoms in total. The van der Waals surface area contributed by atoms with E-state index in [0.717, 1.165) is 10.7 Å². The molecule has 1 N–H and O–H groups in total. The van der Waals surface area contributed by atoms with Crippen molar-refractivity contribution < 1.29 is 23.0 Å². The maximum absolute atomic E-state index is 12.3. The van der Waals surface area contributed by atoms with Gasteiger partial charge in [-0.1, -0.05) is 17.8 Å². The van der Waals surface area contributed by atoms with E-state index in [0.29, 0.717) is 13.0 Å². The molecule has 1 amide bonds. The quantitative estimate of drug-likeness (QED) is 0.686. The highest BCUT2D eigenvalue weighted by Gasteiger charge is 2.11. The number of ether oxygens (including phenoxy) is 2. The first kappa shape index (κ1) is 19.0. The first-order chi connectivity index (χ1) is 12.0. The molecule has 0 radical (unpaired) electrons. The number of nitrogens with one attached hydrogen (secondary N) is 1. The Hall–Kier alpha value is -2.29. The molecule has 0 unspecified atom stereocenters. The summed E-state index contributed by atoms with van der Waals surface area (Å²) in [6.45, 7) is -2.48. The lowest BCUT2D eigenvalue weighted by Crippen LogP contribution is -2.27. The van der Waals surface area contributed by atoms with Crippen LogP contribution < -0.4 is 14.8 Å². The van der Waals surface area contributed by atoms with Crippen LogP contribution in [-0.2, 0) is 18.3 Å². The average molecular weight is 371 g/mol. The topological polar surface area (TPSA) is 65.4 Å². The number of carbonyl (C=O) groups is 1. The third-order valence-electron chi connectivity index (χ3n) is 3.29. The molecule has 9 heteroatoms. The van der Waals surface area contributed by atoms with Crippen LogP contribution in [0.25, 0.3) is 0 Å². The van der Waals surface area contributed by atoms with E-state index in [1.807, 2.05) is 17.8 Å². The number of imidazole rings is 1. The largest absolute Gasteiger partial charge is 0.493 e. The lowest BCUT2D eigenvalue weighted by molar-refractivity contribution is -0.118. The summed E-state index contributed by atoms with van der Waals surface area (Å²) < 4.78 is 35.8. The number of hydrogen-bond acceptors (Lipinski definition) is 5. The molecule has 0 saturated carbocycles. The number of carbonyl (C=O) groups excluding carboxylic acids is 1. The third kappa shape index (κ3) is 5.93. The van der Waals surface area contributed by atoms with Gasteiger partial charge in [0.2, 0.25) is 5.91 Å². The van der Waals surface area contributed by atoms with Gasteiger partial charge in [-0.15, -0.1) is 0 Å². The van der Waals surface area contributed by atoms with Gasteiger partial charge in [0, 0.05) is 26.0 Å². The Morgan fingerprint density at radius 1 is 1.40 bits per heavy atom. The van der Waals surface area contributed by atoms with Gasteiger partial charge in [0.1, 0.15) is 0 Å². The van der Waals surface area contributed by atoms with E-state index < -0.39 is 6.61 Å². The fourth-order valence-corrected chi connectivity index (χ4v) is 2.84. The molecular formula is C16H19F2N3O3S. The standard InChI is InChI=1S/C16H19F2N3O3S/c1-21-8-7-20-16(21)25-10-14(22)19-6-5-11-3-4-12(24-15(17)18)13(9-11)23-2/h3-4,7-9,15H,5-6,10H2,1-2H3,(H,19,22). The summed E-state index contributed by atoms with van der Waals surface area (Å²) in [5.74, 6) is 0.388. The molecule has 1 heterocycles. The van der Waals surface area contributed by atoms with Gasteiger partial charge in [0.25, 0.3) is 0 Å². The summed E-state index contributed by atoms with van der Waals surface area (Å²) in [6, 6.07) is 4.71. The summed E-state index contributed by atoms with van der Waals surface area (Å²) in [7, 11) is 3.25. The van der Waals surface area contributed by atoms with Crippen molar-refractivity contribution >= 4 is 17.7 Å². The van der Waals surface area contributed by atoms with Crippen molar-refractivity contribution in [1.82, 2.24) is 14.9 Å². The van der Waals surface area contributed by atoms with E-state index in [9.17, 15) is 13.6 Å². The van der Waals surface area contributed by atoms with E-state index in [1.54, 1.807) is 18.3 Å². The zero-order valence-corrected chi connectivity index (χ0v) is 14.7. The Bertz CT molecular complexity index is 710. The number of methoxy groups -OCH3 is 1. The second kappa shape index (κ2) is 9.26. The van der Waals surface area contributed by atoms with Crippen molar-refractivity contribution in [2.75, 3.05) is 19.4 Å². The van der Waals surface area contributed by atoms with Crippen molar-refractivity contribution in [3.8, 4) is 11.5 Å². The molecule has 0 aliphatic rings. The summed E-state index contributed by atoms with van der Waals surface area (Å²) >= 11 is 1.35. The first-order valence-electron chi connectivity index (χ1n) is 7.48. The number of aromatic nitrogens is 2. The molecule has 1 aromatic carbocycles. The molecule has 0 fully saturated rings. The fourth-order valence-electron chi connectivity index (χ4n) is 2.08. The lowest BCUT2D eigenvalue weighted by Gasteiger charge is -2.11. The molecular weight excluding hydrogens is 352 g/mol. The normalized spacial score (nSPS) is 10.8. The summed E-state index contributed by atoms with van der Waals surface area (Å²) in [4.78, 5) is 16.0. The van der Waals surface area contributed by atoms with Gasteiger partial charge in [-0.2, -0.15) is 8.78 Å². The van der Waals surface area contributed by atoms with Gasteiger partial charge in [0.15, 0.2) is 16.7 Å². The smallest absolute Gasteiger partial charge is 0.387 e. The number of amides is 1. The van der Waals surface area contributed by atoms with Crippen LogP contribution in [0.15, 0.2) is 35.7 Å². The number of aryl methyl sites for hydroxylation is 1. The predicted octanol–water partition coefficient (Wildman–Crippen LogP) is 2.48. The van der Waals surface area contributed by atoms with E-state index in [1.165, 1.54) is 24.9 Å². The summed E-state index contributed by atoms with van der Waals surface area (Å²) in [5, 5.41) is 3.58. The number of rotatable bonds is 9. The Kier molecular flexibility index (Phi) is 7.05. The molecule has 0 aliphatic carbocycles. The molecule has 0 bridgehead atoms. The number of hydrogen-bond donors (Lipinski definition) is 1. The van der Waals surface area contributed by atoms with Crippen molar-refractivity contribution in [1.29, 1.82) is 0 Å². The van der Waals surface area contributed by atoms with Crippen LogP contribution >= 0.6 is 11.8 Å². The number of nitrogens with zero attached hydrogens (tertiary/aromatic N) is 2. The second-order valence-electron chi connectivity index (χ2n) is 5.07. The van der Waals surface area contributed by atoms with Gasteiger partial charge < -0.3 is 19.4 Å². The monoisotopic (exact) mass is 371 g/mol. The molecule has 2 aromatic rings. The molecule has 0 atom stereocenters. The van der Waals surface area contributed by atoms with Gasteiger partial charge in [0.05, 0.1) is 12.9 Å². The highest BCUT2D eigenvalue weighted by molar-refractivity contribution is 7.99. The van der Waals surface area contributed by atoms with Crippen LogP contribution in [-0.4, -0.2) is 41.5 Å². The highest BCUT2D eigenvalue weighted by atomic mass is 32.2. The summed E-state index contributed by atoms with van der Waals surface area (Å²) in [5.41, 5.74) is 0.843. The molecule has 2 rings (SSSR count). The number of thioether (sulfide) groups is 1. The van der Waals surface area contributed by atoms with Gasteiger partial charge >= 0.3 is 6.61 Å². The van der Waals surface area contributed by atoms with Gasteiger partial charge in [-0.3, -0.25) is 4.79 Å². The lowest BCUT2D eigenvalue weighted by atomic mass is 10.1.